The van der Waals surface area contributed by atoms with Crippen molar-refractivity contribution in [2.75, 3.05) is 11.9 Å². The molecule has 0 radical (unpaired) electrons. The molecule has 0 fully saturated rings. The fraction of sp³-hybridized carbons (Fsp3) is 0.421. The van der Waals surface area contributed by atoms with Gasteiger partial charge in [-0.3, -0.25) is 9.48 Å². The van der Waals surface area contributed by atoms with E-state index in [0.29, 0.717) is 23.8 Å². The maximum Gasteiger partial charge on any atom is 0.343 e. The monoisotopic (exact) mass is 377 g/mol. The number of esters is 1. The maximum absolute atomic E-state index is 12.3. The average molecular weight is 378 g/mol. The standard InChI is InChI=1S/C19H24ClN3O3/c1-11(2)9-23-18(20)17(14(5)22-23)19(25)26-10-16(24)21-15-7-12(3)6-13(4)8-15/h6-8,11H,9-10H2,1-5H3,(H,21,24). The fourth-order valence-corrected chi connectivity index (χ4v) is 3.02. The number of anilines is 1. The van der Waals surface area contributed by atoms with E-state index in [0.717, 1.165) is 11.1 Å². The number of hydrogen-bond donors (Lipinski definition) is 1. The molecule has 1 amide bonds. The van der Waals surface area contributed by atoms with Gasteiger partial charge in [0, 0.05) is 12.2 Å². The third kappa shape index (κ3) is 5.08. The number of rotatable bonds is 6. The minimum Gasteiger partial charge on any atom is -0.452 e. The maximum atomic E-state index is 12.3. The molecule has 2 rings (SSSR count). The van der Waals surface area contributed by atoms with Gasteiger partial charge < -0.3 is 10.1 Å². The van der Waals surface area contributed by atoms with E-state index >= 15 is 0 Å². The van der Waals surface area contributed by atoms with Crippen molar-refractivity contribution in [1.29, 1.82) is 0 Å². The predicted molar refractivity (Wildman–Crippen MR) is 102 cm³/mol. The Kier molecular flexibility index (Phi) is 6.42. The van der Waals surface area contributed by atoms with Crippen molar-refractivity contribution in [3.63, 3.8) is 0 Å². The van der Waals surface area contributed by atoms with Crippen LogP contribution in [0.2, 0.25) is 5.15 Å². The lowest BCUT2D eigenvalue weighted by molar-refractivity contribution is -0.119. The summed E-state index contributed by atoms with van der Waals surface area (Å²) in [5.74, 6) is -0.732. The number of benzene rings is 1. The van der Waals surface area contributed by atoms with Crippen molar-refractivity contribution in [3.05, 3.63) is 45.7 Å². The van der Waals surface area contributed by atoms with E-state index in [4.69, 9.17) is 16.3 Å². The molecule has 7 heteroatoms. The first kappa shape index (κ1) is 20.0. The number of amides is 1. The third-order valence-corrected chi connectivity index (χ3v) is 4.03. The Morgan fingerprint density at radius 2 is 1.81 bits per heavy atom. The normalized spacial score (nSPS) is 10.9. The van der Waals surface area contributed by atoms with E-state index in [-0.39, 0.29) is 10.7 Å². The molecule has 0 unspecified atom stereocenters. The minimum atomic E-state index is -0.655. The largest absolute Gasteiger partial charge is 0.452 e. The summed E-state index contributed by atoms with van der Waals surface area (Å²) in [6.07, 6.45) is 0. The minimum absolute atomic E-state index is 0.200. The summed E-state index contributed by atoms with van der Waals surface area (Å²) in [4.78, 5) is 24.4. The molecule has 1 heterocycles. The number of carbonyl (C=O) groups is 2. The van der Waals surface area contributed by atoms with E-state index in [9.17, 15) is 9.59 Å². The predicted octanol–water partition coefficient (Wildman–Crippen LogP) is 3.91. The second-order valence-corrected chi connectivity index (χ2v) is 7.19. The highest BCUT2D eigenvalue weighted by Gasteiger charge is 2.22. The van der Waals surface area contributed by atoms with Gasteiger partial charge in [-0.25, -0.2) is 4.79 Å². The van der Waals surface area contributed by atoms with Gasteiger partial charge >= 0.3 is 5.97 Å². The van der Waals surface area contributed by atoms with Crippen LogP contribution in [0, 0.1) is 26.7 Å². The zero-order valence-corrected chi connectivity index (χ0v) is 16.5. The van der Waals surface area contributed by atoms with Gasteiger partial charge in [0.15, 0.2) is 6.61 Å². The number of aryl methyl sites for hydroxylation is 3. The molecule has 0 saturated heterocycles. The average Bonchev–Trinajstić information content (AvgIpc) is 2.77. The molecule has 26 heavy (non-hydrogen) atoms. The Hall–Kier alpha value is -2.34. The van der Waals surface area contributed by atoms with E-state index in [1.807, 2.05) is 45.9 Å². The van der Waals surface area contributed by atoms with Crippen LogP contribution in [0.15, 0.2) is 18.2 Å². The van der Waals surface area contributed by atoms with Crippen LogP contribution in [0.4, 0.5) is 5.69 Å². The molecule has 0 saturated carbocycles. The molecule has 0 aliphatic heterocycles. The lowest BCUT2D eigenvalue weighted by atomic mass is 10.1. The Morgan fingerprint density at radius 1 is 1.19 bits per heavy atom. The molecule has 2 aromatic rings. The highest BCUT2D eigenvalue weighted by Crippen LogP contribution is 2.22. The van der Waals surface area contributed by atoms with Crippen molar-refractivity contribution in [2.45, 2.75) is 41.2 Å². The number of hydrogen-bond acceptors (Lipinski definition) is 4. The van der Waals surface area contributed by atoms with Gasteiger partial charge in [0.1, 0.15) is 10.7 Å². The Balaban J connectivity index is 2.00. The molecule has 0 aliphatic carbocycles. The molecule has 0 aliphatic rings. The SMILES string of the molecule is Cc1cc(C)cc(NC(=O)COC(=O)c2c(C)nn(CC(C)C)c2Cl)c1. The van der Waals surface area contributed by atoms with Crippen LogP contribution in [0.1, 0.15) is 41.0 Å². The number of carbonyl (C=O) groups excluding carboxylic acids is 2. The quantitative estimate of drug-likeness (QED) is 0.774. The summed E-state index contributed by atoms with van der Waals surface area (Å²) >= 11 is 6.25. The molecule has 0 spiro atoms. The van der Waals surface area contributed by atoms with Crippen LogP contribution < -0.4 is 5.32 Å². The van der Waals surface area contributed by atoms with Crippen molar-refractivity contribution in [2.24, 2.45) is 5.92 Å². The van der Waals surface area contributed by atoms with Crippen molar-refractivity contribution in [3.8, 4) is 0 Å². The number of nitrogens with one attached hydrogen (secondary N) is 1. The van der Waals surface area contributed by atoms with Crippen molar-refractivity contribution >= 4 is 29.2 Å². The van der Waals surface area contributed by atoms with E-state index < -0.39 is 18.5 Å². The van der Waals surface area contributed by atoms with Gasteiger partial charge in [-0.2, -0.15) is 5.10 Å². The first-order chi connectivity index (χ1) is 12.2. The summed E-state index contributed by atoms with van der Waals surface area (Å²) in [5, 5.41) is 7.22. The van der Waals surface area contributed by atoms with E-state index in [2.05, 4.69) is 10.4 Å². The molecule has 1 aromatic carbocycles. The van der Waals surface area contributed by atoms with Gasteiger partial charge in [-0.1, -0.05) is 31.5 Å². The van der Waals surface area contributed by atoms with Crippen molar-refractivity contribution < 1.29 is 14.3 Å². The van der Waals surface area contributed by atoms with E-state index in [1.165, 1.54) is 0 Å². The molecule has 140 valence electrons. The lowest BCUT2D eigenvalue weighted by Gasteiger charge is -2.09. The third-order valence-electron chi connectivity index (χ3n) is 3.65. The first-order valence-corrected chi connectivity index (χ1v) is 8.83. The Labute approximate surface area is 158 Å². The molecule has 1 aromatic heterocycles. The van der Waals surface area contributed by atoms with Gasteiger partial charge in [0.2, 0.25) is 0 Å². The number of aromatic nitrogens is 2. The van der Waals surface area contributed by atoms with Crippen LogP contribution in [0.25, 0.3) is 0 Å². The summed E-state index contributed by atoms with van der Waals surface area (Å²) in [6, 6.07) is 5.71. The summed E-state index contributed by atoms with van der Waals surface area (Å²) in [7, 11) is 0. The molecule has 1 N–H and O–H groups in total. The molecule has 0 bridgehead atoms. The van der Waals surface area contributed by atoms with Gasteiger partial charge in [0.05, 0.1) is 5.69 Å². The van der Waals surface area contributed by atoms with Crippen LogP contribution in [-0.2, 0) is 16.1 Å². The number of halogens is 1. The lowest BCUT2D eigenvalue weighted by Crippen LogP contribution is -2.21. The Bertz CT molecular complexity index is 807. The molecular weight excluding hydrogens is 354 g/mol. The molecular formula is C19H24ClN3O3. The van der Waals surface area contributed by atoms with Crippen molar-refractivity contribution in [1.82, 2.24) is 9.78 Å². The van der Waals surface area contributed by atoms with Gasteiger partial charge in [-0.15, -0.1) is 0 Å². The topological polar surface area (TPSA) is 73.2 Å². The highest BCUT2D eigenvalue weighted by atomic mass is 35.5. The molecule has 6 nitrogen and oxygen atoms in total. The number of ether oxygens (including phenoxy) is 1. The van der Waals surface area contributed by atoms with Crippen LogP contribution in [0.3, 0.4) is 0 Å². The zero-order valence-electron chi connectivity index (χ0n) is 15.7. The first-order valence-electron chi connectivity index (χ1n) is 8.45. The van der Waals surface area contributed by atoms with Crippen LogP contribution in [0.5, 0.6) is 0 Å². The highest BCUT2D eigenvalue weighted by molar-refractivity contribution is 6.32. The zero-order chi connectivity index (χ0) is 19.4. The van der Waals surface area contributed by atoms with E-state index in [1.54, 1.807) is 11.6 Å². The molecule has 0 atom stereocenters. The number of nitrogens with zero attached hydrogens (tertiary/aromatic N) is 2. The van der Waals surface area contributed by atoms with Crippen LogP contribution >= 0.6 is 11.6 Å². The van der Waals surface area contributed by atoms with Gasteiger partial charge in [-0.05, 0) is 49.9 Å². The smallest absolute Gasteiger partial charge is 0.343 e. The fourth-order valence-electron chi connectivity index (χ4n) is 2.70. The Morgan fingerprint density at radius 3 is 2.38 bits per heavy atom. The summed E-state index contributed by atoms with van der Waals surface area (Å²) in [5.41, 5.74) is 3.43. The second-order valence-electron chi connectivity index (χ2n) is 6.83. The van der Waals surface area contributed by atoms with Crippen LogP contribution in [-0.4, -0.2) is 28.3 Å². The summed E-state index contributed by atoms with van der Waals surface area (Å²) in [6.45, 7) is 9.85. The second kappa shape index (κ2) is 8.36. The van der Waals surface area contributed by atoms with Gasteiger partial charge in [0.25, 0.3) is 5.91 Å². The summed E-state index contributed by atoms with van der Waals surface area (Å²) < 4.78 is 6.69.